The number of hydrogen-bond donors (Lipinski definition) is 3. The lowest BCUT2D eigenvalue weighted by atomic mass is 10.1. The molecule has 0 aliphatic rings. The number of halogens is 3. The van der Waals surface area contributed by atoms with Crippen molar-refractivity contribution in [1.82, 2.24) is 0 Å². The van der Waals surface area contributed by atoms with Crippen LogP contribution < -0.4 is 5.32 Å². The molecule has 8 nitrogen and oxygen atoms in total. The summed E-state index contributed by atoms with van der Waals surface area (Å²) in [5, 5.41) is 30.0. The van der Waals surface area contributed by atoms with Gasteiger partial charge in [0.1, 0.15) is 0 Å². The van der Waals surface area contributed by atoms with Crippen LogP contribution in [0.2, 0.25) is 0 Å². The van der Waals surface area contributed by atoms with Gasteiger partial charge in [-0.25, -0.2) is 13.2 Å². The highest BCUT2D eigenvalue weighted by Gasteiger charge is 2.38. The van der Waals surface area contributed by atoms with Crippen molar-refractivity contribution < 1.29 is 41.4 Å². The lowest BCUT2D eigenvalue weighted by molar-refractivity contribution is -0.137. The number of carbonyl (C=O) groups excluding carboxylic acids is 1. The first-order chi connectivity index (χ1) is 14.2. The van der Waals surface area contributed by atoms with E-state index in [2.05, 4.69) is 0 Å². The van der Waals surface area contributed by atoms with E-state index in [1.807, 2.05) is 5.32 Å². The van der Waals surface area contributed by atoms with E-state index in [0.717, 1.165) is 43.3 Å². The predicted molar refractivity (Wildman–Crippen MR) is 101 cm³/mol. The molecule has 0 radical (unpaired) electrons. The summed E-state index contributed by atoms with van der Waals surface area (Å²) < 4.78 is 64.1. The van der Waals surface area contributed by atoms with Gasteiger partial charge in [-0.2, -0.15) is 18.4 Å². The van der Waals surface area contributed by atoms with Crippen LogP contribution in [0, 0.1) is 11.3 Å². The SMILES string of the molecule is CC(O)(CS(=O)(=O)c1ccc(C(=O)O)cc1)C(=O)Nc1ccc(C#N)c(C(F)(F)F)c1. The number of sulfone groups is 1. The number of nitrogens with one attached hydrogen (secondary N) is 1. The van der Waals surface area contributed by atoms with Crippen molar-refractivity contribution in [2.75, 3.05) is 11.1 Å². The monoisotopic (exact) mass is 456 g/mol. The third kappa shape index (κ3) is 5.59. The average Bonchev–Trinajstić information content (AvgIpc) is 2.66. The number of amides is 1. The summed E-state index contributed by atoms with van der Waals surface area (Å²) in [7, 11) is -4.27. The van der Waals surface area contributed by atoms with Crippen molar-refractivity contribution in [3.63, 3.8) is 0 Å². The molecule has 2 rings (SSSR count). The smallest absolute Gasteiger partial charge is 0.417 e. The van der Waals surface area contributed by atoms with E-state index in [4.69, 9.17) is 10.4 Å². The van der Waals surface area contributed by atoms with Crippen LogP contribution in [0.3, 0.4) is 0 Å². The van der Waals surface area contributed by atoms with Crippen molar-refractivity contribution in [2.45, 2.75) is 23.6 Å². The third-order valence-corrected chi connectivity index (χ3v) is 6.06. The second kappa shape index (κ2) is 8.37. The van der Waals surface area contributed by atoms with Crippen LogP contribution in [0.25, 0.3) is 0 Å². The molecule has 31 heavy (non-hydrogen) atoms. The second-order valence-corrected chi connectivity index (χ2v) is 8.68. The molecule has 0 aromatic heterocycles. The summed E-state index contributed by atoms with van der Waals surface area (Å²) in [6, 6.07) is 7.73. The largest absolute Gasteiger partial charge is 0.478 e. The Labute approximate surface area is 174 Å². The number of nitriles is 1. The molecule has 0 heterocycles. The van der Waals surface area contributed by atoms with Gasteiger partial charge in [-0.3, -0.25) is 4.79 Å². The van der Waals surface area contributed by atoms with Crippen molar-refractivity contribution in [3.05, 3.63) is 59.2 Å². The van der Waals surface area contributed by atoms with E-state index < -0.39 is 56.1 Å². The zero-order valence-electron chi connectivity index (χ0n) is 15.8. The number of carboxylic acids is 1. The van der Waals surface area contributed by atoms with E-state index in [-0.39, 0.29) is 10.5 Å². The topological polar surface area (TPSA) is 145 Å². The lowest BCUT2D eigenvalue weighted by Gasteiger charge is -2.22. The van der Waals surface area contributed by atoms with Crippen LogP contribution in [0.5, 0.6) is 0 Å². The van der Waals surface area contributed by atoms with Crippen molar-refractivity contribution in [3.8, 4) is 6.07 Å². The Balaban J connectivity index is 2.25. The Morgan fingerprint density at radius 3 is 2.19 bits per heavy atom. The van der Waals surface area contributed by atoms with E-state index in [1.165, 1.54) is 6.07 Å². The average molecular weight is 456 g/mol. The molecule has 0 saturated carbocycles. The summed E-state index contributed by atoms with van der Waals surface area (Å²) >= 11 is 0. The highest BCUT2D eigenvalue weighted by molar-refractivity contribution is 7.91. The number of aromatic carboxylic acids is 1. The van der Waals surface area contributed by atoms with Gasteiger partial charge in [-0.1, -0.05) is 0 Å². The van der Waals surface area contributed by atoms with Crippen molar-refractivity contribution >= 4 is 27.4 Å². The molecule has 2 aromatic rings. The molecule has 3 N–H and O–H groups in total. The number of rotatable bonds is 6. The molecule has 0 aliphatic heterocycles. The van der Waals surface area contributed by atoms with Crippen LogP contribution in [0.1, 0.15) is 28.4 Å². The summed E-state index contributed by atoms with van der Waals surface area (Å²) in [6.07, 6.45) is -4.88. The first-order valence-corrected chi connectivity index (χ1v) is 10.0. The fourth-order valence-electron chi connectivity index (χ4n) is 2.54. The number of carboxylic acid groups (broad SMARTS) is 1. The van der Waals surface area contributed by atoms with Gasteiger partial charge in [0.15, 0.2) is 15.4 Å². The normalized spacial score (nSPS) is 13.7. The minimum absolute atomic E-state index is 0.176. The predicted octanol–water partition coefficient (Wildman–Crippen LogP) is 2.44. The van der Waals surface area contributed by atoms with E-state index in [1.54, 1.807) is 0 Å². The van der Waals surface area contributed by atoms with Crippen LogP contribution in [0.15, 0.2) is 47.4 Å². The van der Waals surface area contributed by atoms with Gasteiger partial charge in [-0.15, -0.1) is 0 Å². The standard InChI is InChI=1S/C19H15F3N2O6S/c1-18(28,10-31(29,30)14-6-3-11(4-7-14)16(25)26)17(27)24-13-5-2-12(9-23)15(8-13)19(20,21)22/h2-8,28H,10H2,1H3,(H,24,27)(H,25,26). The maximum atomic E-state index is 13.0. The molecule has 1 unspecified atom stereocenters. The third-order valence-electron chi connectivity index (χ3n) is 4.12. The van der Waals surface area contributed by atoms with Crippen LogP contribution in [-0.2, 0) is 20.8 Å². The molecule has 0 bridgehead atoms. The van der Waals surface area contributed by atoms with E-state index in [0.29, 0.717) is 6.07 Å². The maximum absolute atomic E-state index is 13.0. The zero-order valence-corrected chi connectivity index (χ0v) is 16.6. The fourth-order valence-corrected chi connectivity index (χ4v) is 4.13. The Kier molecular flexibility index (Phi) is 6.43. The highest BCUT2D eigenvalue weighted by Crippen LogP contribution is 2.33. The van der Waals surface area contributed by atoms with Gasteiger partial charge in [0.2, 0.25) is 0 Å². The molecule has 0 saturated heterocycles. The van der Waals surface area contributed by atoms with E-state index in [9.17, 15) is 36.3 Å². The quantitative estimate of drug-likeness (QED) is 0.605. The van der Waals surface area contributed by atoms with Gasteiger partial charge in [0.05, 0.1) is 33.4 Å². The van der Waals surface area contributed by atoms with Gasteiger partial charge in [0.25, 0.3) is 5.91 Å². The summed E-state index contributed by atoms with van der Waals surface area (Å²) in [5.74, 6) is -3.70. The van der Waals surface area contributed by atoms with Gasteiger partial charge in [0, 0.05) is 5.69 Å². The van der Waals surface area contributed by atoms with Gasteiger partial charge >= 0.3 is 12.1 Å². The molecule has 0 aliphatic carbocycles. The number of anilines is 1. The zero-order chi connectivity index (χ0) is 23.6. The Morgan fingerprint density at radius 1 is 1.13 bits per heavy atom. The summed E-state index contributed by atoms with van der Waals surface area (Å²) in [6.45, 7) is 0.861. The van der Waals surface area contributed by atoms with Crippen molar-refractivity contribution in [2.24, 2.45) is 0 Å². The second-order valence-electron chi connectivity index (χ2n) is 6.69. The van der Waals surface area contributed by atoms with Gasteiger partial charge < -0.3 is 15.5 Å². The Morgan fingerprint density at radius 2 is 1.71 bits per heavy atom. The number of hydrogen-bond acceptors (Lipinski definition) is 6. The fraction of sp³-hybridized carbons (Fsp3) is 0.211. The number of alkyl halides is 3. The minimum atomic E-state index is -4.88. The Hall–Kier alpha value is -3.43. The lowest BCUT2D eigenvalue weighted by Crippen LogP contribution is -2.45. The van der Waals surface area contributed by atoms with Crippen LogP contribution >= 0.6 is 0 Å². The Bertz CT molecular complexity index is 1170. The molecule has 2 aromatic carbocycles. The maximum Gasteiger partial charge on any atom is 0.417 e. The number of benzene rings is 2. The molecule has 164 valence electrons. The minimum Gasteiger partial charge on any atom is -0.478 e. The molecule has 12 heteroatoms. The molecular formula is C19H15F3N2O6S. The van der Waals surface area contributed by atoms with Gasteiger partial charge in [-0.05, 0) is 49.4 Å². The van der Waals surface area contributed by atoms with Crippen molar-refractivity contribution in [1.29, 1.82) is 5.26 Å². The summed E-state index contributed by atoms with van der Waals surface area (Å²) in [5.41, 5.74) is -5.11. The first kappa shape index (κ1) is 23.8. The highest BCUT2D eigenvalue weighted by atomic mass is 32.2. The number of nitrogens with zero attached hydrogens (tertiary/aromatic N) is 1. The molecular weight excluding hydrogens is 441 g/mol. The van der Waals surface area contributed by atoms with Crippen LogP contribution in [0.4, 0.5) is 18.9 Å². The molecule has 1 amide bonds. The molecule has 1 atom stereocenters. The molecule has 0 spiro atoms. The first-order valence-electron chi connectivity index (χ1n) is 8.39. The van der Waals surface area contributed by atoms with E-state index >= 15 is 0 Å². The van der Waals surface area contributed by atoms with Crippen LogP contribution in [-0.4, -0.2) is 41.9 Å². The molecule has 0 fully saturated rings. The summed E-state index contributed by atoms with van der Waals surface area (Å²) in [4.78, 5) is 22.8. The number of aliphatic hydroxyl groups is 1. The number of carbonyl (C=O) groups is 2.